The third-order valence-corrected chi connectivity index (χ3v) is 7.53. The molecule has 0 aromatic carbocycles. The van der Waals surface area contributed by atoms with Gasteiger partial charge in [0.25, 0.3) is 0 Å². The first-order valence-electron chi connectivity index (χ1n) is 18.2. The Morgan fingerprint density at radius 1 is 0.396 bits per heavy atom. The molecule has 0 aliphatic carbocycles. The smallest absolute Gasteiger partial charge is 0.186 e. The Morgan fingerprint density at radius 3 is 1.00 bits per heavy atom. The maximum Gasteiger partial charge on any atom is 0.186 e. The van der Waals surface area contributed by atoms with Gasteiger partial charge in [-0.1, -0.05) is 200 Å². The third kappa shape index (κ3) is 28.8. The second-order valence-electron chi connectivity index (χ2n) is 11.9. The topological polar surface area (TPSA) is 94.8 Å². The lowest BCUT2D eigenvalue weighted by atomic mass is 10.0. The van der Waals surface area contributed by atoms with Gasteiger partial charge in [-0.25, -0.2) is 0 Å². The van der Waals surface area contributed by atoms with Crippen LogP contribution in [0.5, 0.6) is 0 Å². The van der Waals surface area contributed by atoms with Crippen molar-refractivity contribution >= 4 is 11.6 Å². The molecule has 0 aromatic rings. The summed E-state index contributed by atoms with van der Waals surface area (Å²) in [5.74, 6) is -1.63. The van der Waals surface area contributed by atoms with E-state index >= 15 is 0 Å². The SMILES string of the molecule is CCCCCCCCCC=CC=CC=CC=CC=CC(=O)C(O)C(O)C(O)C(=O)C=CC=CC=CC=CC=CCCCCCCCCC. The summed E-state index contributed by atoms with van der Waals surface area (Å²) < 4.78 is 0. The van der Waals surface area contributed by atoms with Gasteiger partial charge in [0.05, 0.1) is 0 Å². The van der Waals surface area contributed by atoms with E-state index in [-0.39, 0.29) is 0 Å². The predicted octanol–water partition coefficient (Wildman–Crippen LogP) is 10.1. The largest absolute Gasteiger partial charge is 0.387 e. The van der Waals surface area contributed by atoms with Crippen LogP contribution in [0.4, 0.5) is 0 Å². The maximum absolute atomic E-state index is 12.2. The van der Waals surface area contributed by atoms with Crippen molar-refractivity contribution in [1.82, 2.24) is 0 Å². The van der Waals surface area contributed by atoms with Crippen LogP contribution in [0.3, 0.4) is 0 Å². The highest BCUT2D eigenvalue weighted by Crippen LogP contribution is 2.10. The van der Waals surface area contributed by atoms with Crippen LogP contribution in [-0.2, 0) is 9.59 Å². The van der Waals surface area contributed by atoms with E-state index in [4.69, 9.17) is 0 Å². The summed E-state index contributed by atoms with van der Waals surface area (Å²) in [4.78, 5) is 24.3. The summed E-state index contributed by atoms with van der Waals surface area (Å²) >= 11 is 0. The van der Waals surface area contributed by atoms with E-state index in [0.29, 0.717) is 0 Å². The van der Waals surface area contributed by atoms with Crippen molar-refractivity contribution in [3.8, 4) is 0 Å². The van der Waals surface area contributed by atoms with Crippen molar-refractivity contribution in [1.29, 1.82) is 0 Å². The molecule has 0 rings (SSSR count). The summed E-state index contributed by atoms with van der Waals surface area (Å²) in [5.41, 5.74) is 0. The zero-order valence-electron chi connectivity index (χ0n) is 29.8. The third-order valence-electron chi connectivity index (χ3n) is 7.53. The quantitative estimate of drug-likeness (QED) is 0.0405. The molecule has 0 saturated heterocycles. The molecule has 5 nitrogen and oxygen atoms in total. The van der Waals surface area contributed by atoms with Gasteiger partial charge >= 0.3 is 0 Å². The van der Waals surface area contributed by atoms with Crippen LogP contribution >= 0.6 is 0 Å². The van der Waals surface area contributed by atoms with Crippen LogP contribution in [-0.4, -0.2) is 45.2 Å². The van der Waals surface area contributed by atoms with E-state index < -0.39 is 29.9 Å². The number of hydrogen-bond donors (Lipinski definition) is 3. The van der Waals surface area contributed by atoms with Crippen LogP contribution in [0.25, 0.3) is 0 Å². The van der Waals surface area contributed by atoms with E-state index in [1.54, 1.807) is 36.5 Å². The zero-order chi connectivity index (χ0) is 35.3. The monoisotopic (exact) mass is 660 g/mol. The number of unbranched alkanes of at least 4 members (excludes halogenated alkanes) is 14. The molecule has 0 aromatic heterocycles. The lowest BCUT2D eigenvalue weighted by molar-refractivity contribution is -0.141. The van der Waals surface area contributed by atoms with E-state index in [2.05, 4.69) is 26.0 Å². The highest BCUT2D eigenvalue weighted by molar-refractivity contribution is 5.97. The molecular formula is C43H64O5. The van der Waals surface area contributed by atoms with E-state index in [1.807, 2.05) is 48.6 Å². The van der Waals surface area contributed by atoms with Crippen molar-refractivity contribution in [2.45, 2.75) is 135 Å². The molecule has 3 N–H and O–H groups in total. The minimum Gasteiger partial charge on any atom is -0.387 e. The average Bonchev–Trinajstić information content (AvgIpc) is 3.09. The Labute approximate surface area is 292 Å². The molecule has 2 unspecified atom stereocenters. The lowest BCUT2D eigenvalue weighted by Gasteiger charge is -2.19. The van der Waals surface area contributed by atoms with Gasteiger partial charge in [0.1, 0.15) is 18.3 Å². The number of aliphatic hydroxyl groups is 3. The Bertz CT molecular complexity index is 1010. The van der Waals surface area contributed by atoms with Crippen molar-refractivity contribution in [3.05, 3.63) is 122 Å². The molecule has 0 aliphatic heterocycles. The number of allylic oxidation sites excluding steroid dienone is 18. The molecule has 2 atom stereocenters. The second-order valence-corrected chi connectivity index (χ2v) is 11.9. The Kier molecular flexibility index (Phi) is 32.5. The Hall–Kier alpha value is -3.38. The number of carbonyl (C=O) groups excluding carboxylic acids is 2. The first-order valence-corrected chi connectivity index (χ1v) is 18.2. The van der Waals surface area contributed by atoms with Crippen LogP contribution in [0.15, 0.2) is 122 Å². The number of hydrogen-bond acceptors (Lipinski definition) is 5. The summed E-state index contributed by atoms with van der Waals surface area (Å²) in [5, 5.41) is 30.3. The number of rotatable bonds is 30. The summed E-state index contributed by atoms with van der Waals surface area (Å²) in [6.07, 6.45) is 49.9. The van der Waals surface area contributed by atoms with E-state index in [9.17, 15) is 24.9 Å². The number of carbonyl (C=O) groups is 2. The summed E-state index contributed by atoms with van der Waals surface area (Å²) in [6.45, 7) is 4.47. The Morgan fingerprint density at radius 2 is 0.667 bits per heavy atom. The second kappa shape index (κ2) is 34.9. The fourth-order valence-corrected chi connectivity index (χ4v) is 4.57. The first kappa shape index (κ1) is 44.6. The first-order chi connectivity index (χ1) is 23.5. The predicted molar refractivity (Wildman–Crippen MR) is 205 cm³/mol. The molecule has 0 radical (unpaired) electrons. The van der Waals surface area contributed by atoms with Crippen LogP contribution in [0, 0.1) is 0 Å². The van der Waals surface area contributed by atoms with Crippen LogP contribution in [0.1, 0.15) is 117 Å². The summed E-state index contributed by atoms with van der Waals surface area (Å²) in [6, 6.07) is 0. The zero-order valence-corrected chi connectivity index (χ0v) is 29.8. The lowest BCUT2D eigenvalue weighted by Crippen LogP contribution is -2.45. The molecule has 48 heavy (non-hydrogen) atoms. The molecule has 0 fully saturated rings. The standard InChI is InChI=1S/C43H64O5/c1-3-5-7-9-11-13-15-17-19-21-23-25-27-29-31-33-35-37-39(44)41(46)43(48)42(47)40(45)38-36-34-32-30-28-26-24-22-20-18-16-14-12-10-8-6-4-2/h19-38,41-43,46-48H,3-18H2,1-2H3. The Balaban J connectivity index is 4.25. The summed E-state index contributed by atoms with van der Waals surface area (Å²) in [7, 11) is 0. The minimum atomic E-state index is -1.94. The van der Waals surface area contributed by atoms with E-state index in [0.717, 1.165) is 25.0 Å². The van der Waals surface area contributed by atoms with Gasteiger partial charge in [-0.15, -0.1) is 0 Å². The van der Waals surface area contributed by atoms with Crippen molar-refractivity contribution in [2.24, 2.45) is 0 Å². The van der Waals surface area contributed by atoms with Gasteiger partial charge in [0, 0.05) is 0 Å². The minimum absolute atomic E-state index is 0.816. The molecule has 0 spiro atoms. The van der Waals surface area contributed by atoms with Gasteiger partial charge in [-0.2, -0.15) is 0 Å². The van der Waals surface area contributed by atoms with Crippen LogP contribution < -0.4 is 0 Å². The van der Waals surface area contributed by atoms with Crippen molar-refractivity contribution in [3.63, 3.8) is 0 Å². The van der Waals surface area contributed by atoms with Gasteiger partial charge in [0.15, 0.2) is 11.6 Å². The highest BCUT2D eigenvalue weighted by atomic mass is 16.4. The van der Waals surface area contributed by atoms with Gasteiger partial charge < -0.3 is 15.3 Å². The fourth-order valence-electron chi connectivity index (χ4n) is 4.57. The molecular weight excluding hydrogens is 596 g/mol. The average molecular weight is 661 g/mol. The molecule has 266 valence electrons. The van der Waals surface area contributed by atoms with Crippen molar-refractivity contribution in [2.75, 3.05) is 0 Å². The number of aliphatic hydroxyl groups excluding tert-OH is 3. The van der Waals surface area contributed by atoms with Gasteiger partial charge in [-0.3, -0.25) is 9.59 Å². The molecule has 0 amide bonds. The van der Waals surface area contributed by atoms with E-state index in [1.165, 1.54) is 102 Å². The fraction of sp³-hybridized carbons (Fsp3) is 0.488. The van der Waals surface area contributed by atoms with Gasteiger partial charge in [0.2, 0.25) is 0 Å². The normalized spacial score (nSPS) is 15.2. The number of ketones is 2. The maximum atomic E-state index is 12.2. The molecule has 0 aliphatic rings. The highest BCUT2D eigenvalue weighted by Gasteiger charge is 2.32. The molecule has 0 bridgehead atoms. The molecule has 0 heterocycles. The van der Waals surface area contributed by atoms with Crippen LogP contribution in [0.2, 0.25) is 0 Å². The molecule has 0 saturated carbocycles. The van der Waals surface area contributed by atoms with Crippen molar-refractivity contribution < 1.29 is 24.9 Å². The van der Waals surface area contributed by atoms with Gasteiger partial charge in [-0.05, 0) is 37.8 Å². The molecule has 5 heteroatoms.